The zero-order valence-corrected chi connectivity index (χ0v) is 12.0. The Hall–Kier alpha value is -2.59. The van der Waals surface area contributed by atoms with E-state index in [0.29, 0.717) is 9.20 Å². The lowest BCUT2D eigenvalue weighted by atomic mass is 10.0. The Kier molecular flexibility index (Phi) is 3.46. The number of thiazole rings is 1. The molecule has 1 heterocycles. The van der Waals surface area contributed by atoms with Gasteiger partial charge in [0.15, 0.2) is 0 Å². The number of hydrogen-bond donors (Lipinski definition) is 2. The van der Waals surface area contributed by atoms with Crippen molar-refractivity contribution in [2.75, 3.05) is 0 Å². The van der Waals surface area contributed by atoms with Crippen LogP contribution in [0.5, 0.6) is 5.75 Å². The molecule has 104 valence electrons. The lowest BCUT2D eigenvalue weighted by molar-refractivity contribution is 0.475. The second kappa shape index (κ2) is 5.42. The third kappa shape index (κ3) is 2.95. The first-order valence-electron chi connectivity index (χ1n) is 6.41. The van der Waals surface area contributed by atoms with E-state index >= 15 is 0 Å². The van der Waals surface area contributed by atoms with Crippen molar-refractivity contribution in [3.63, 3.8) is 0 Å². The van der Waals surface area contributed by atoms with Gasteiger partial charge in [0.05, 0.1) is 9.20 Å². The molecular formula is C17H13NO2S. The van der Waals surface area contributed by atoms with E-state index in [1.165, 1.54) is 11.3 Å². The van der Waals surface area contributed by atoms with Gasteiger partial charge in [-0.05, 0) is 34.9 Å². The molecule has 0 fully saturated rings. The van der Waals surface area contributed by atoms with Crippen molar-refractivity contribution >= 4 is 24.0 Å². The number of rotatable bonds is 2. The number of aromatic hydroxyl groups is 1. The van der Waals surface area contributed by atoms with E-state index in [1.54, 1.807) is 12.1 Å². The van der Waals surface area contributed by atoms with E-state index in [4.69, 9.17) is 0 Å². The lowest BCUT2D eigenvalue weighted by Gasteiger charge is -2.02. The molecule has 0 saturated carbocycles. The highest BCUT2D eigenvalue weighted by Crippen LogP contribution is 2.23. The van der Waals surface area contributed by atoms with E-state index in [1.807, 2.05) is 42.5 Å². The van der Waals surface area contributed by atoms with Crippen LogP contribution in [0.4, 0.5) is 0 Å². The third-order valence-electron chi connectivity index (χ3n) is 3.10. The first-order valence-corrected chi connectivity index (χ1v) is 7.23. The molecule has 0 saturated heterocycles. The lowest BCUT2D eigenvalue weighted by Crippen LogP contribution is -2.19. The third-order valence-corrected chi connectivity index (χ3v) is 3.97. The maximum Gasteiger partial charge on any atom is 0.266 e. The molecule has 0 unspecified atom stereocenters. The molecule has 4 heteroatoms. The molecular weight excluding hydrogens is 282 g/mol. The van der Waals surface area contributed by atoms with E-state index in [9.17, 15) is 9.90 Å². The van der Waals surface area contributed by atoms with Gasteiger partial charge in [-0.25, -0.2) is 0 Å². The molecule has 2 N–H and O–H groups in total. The molecule has 0 amide bonds. The molecule has 21 heavy (non-hydrogen) atoms. The van der Waals surface area contributed by atoms with Crippen molar-refractivity contribution in [3.8, 4) is 16.9 Å². The van der Waals surface area contributed by atoms with Gasteiger partial charge in [-0.15, -0.1) is 11.3 Å². The average Bonchev–Trinajstić information content (AvgIpc) is 2.78. The van der Waals surface area contributed by atoms with Gasteiger partial charge in [-0.2, -0.15) is 0 Å². The van der Waals surface area contributed by atoms with E-state index in [0.717, 1.165) is 16.7 Å². The Morgan fingerprint density at radius 3 is 2.48 bits per heavy atom. The normalized spacial score (nSPS) is 11.7. The zero-order chi connectivity index (χ0) is 14.8. The van der Waals surface area contributed by atoms with Crippen molar-refractivity contribution in [2.45, 2.75) is 0 Å². The minimum Gasteiger partial charge on any atom is -0.508 e. The van der Waals surface area contributed by atoms with Crippen LogP contribution in [0, 0.1) is 0 Å². The van der Waals surface area contributed by atoms with Gasteiger partial charge in [0.1, 0.15) is 5.75 Å². The molecule has 0 aliphatic rings. The predicted octanol–water partition coefficient (Wildman–Crippen LogP) is 2.05. The Labute approximate surface area is 125 Å². The van der Waals surface area contributed by atoms with E-state index in [2.05, 4.69) is 11.6 Å². The molecule has 0 aliphatic heterocycles. The molecule has 0 spiro atoms. The summed E-state index contributed by atoms with van der Waals surface area (Å²) in [5.41, 5.74) is 2.81. The highest BCUT2D eigenvalue weighted by molar-refractivity contribution is 7.07. The Morgan fingerprint density at radius 2 is 1.86 bits per heavy atom. The predicted molar refractivity (Wildman–Crippen MR) is 86.8 cm³/mol. The molecule has 3 rings (SSSR count). The Morgan fingerprint density at radius 1 is 1.10 bits per heavy atom. The number of aromatic amines is 1. The van der Waals surface area contributed by atoms with E-state index < -0.39 is 0 Å². The number of benzene rings is 2. The second-order valence-electron chi connectivity index (χ2n) is 4.66. The van der Waals surface area contributed by atoms with Crippen molar-refractivity contribution in [1.82, 2.24) is 4.98 Å². The van der Waals surface area contributed by atoms with Crippen LogP contribution in [-0.2, 0) is 0 Å². The van der Waals surface area contributed by atoms with Crippen molar-refractivity contribution in [3.05, 3.63) is 73.6 Å². The number of aromatic nitrogens is 1. The van der Waals surface area contributed by atoms with Gasteiger partial charge in [-0.3, -0.25) is 4.79 Å². The summed E-state index contributed by atoms with van der Waals surface area (Å²) < 4.78 is 1.30. The van der Waals surface area contributed by atoms with Crippen LogP contribution in [0.1, 0.15) is 5.56 Å². The van der Waals surface area contributed by atoms with Crippen molar-refractivity contribution in [1.29, 1.82) is 0 Å². The summed E-state index contributed by atoms with van der Waals surface area (Å²) in [6.45, 7) is 3.72. The standard InChI is InChI=1S/C17H13NO2S/c1-11-18-17(20)16(21-11)9-12-5-7-13(8-6-12)14-3-2-4-15(19)10-14/h2-10,19H,1H2,(H,18,20)/b16-9-. The van der Waals surface area contributed by atoms with E-state index in [-0.39, 0.29) is 11.3 Å². The summed E-state index contributed by atoms with van der Waals surface area (Å²) in [7, 11) is 0. The molecule has 3 nitrogen and oxygen atoms in total. The quantitative estimate of drug-likeness (QED) is 0.760. The van der Waals surface area contributed by atoms with Gasteiger partial charge in [0.2, 0.25) is 0 Å². The largest absolute Gasteiger partial charge is 0.508 e. The highest BCUT2D eigenvalue weighted by Gasteiger charge is 1.99. The molecule has 1 aromatic heterocycles. The molecule has 2 aromatic carbocycles. The summed E-state index contributed by atoms with van der Waals surface area (Å²) in [5.74, 6) is 0.247. The SMILES string of the molecule is C=c1[nH]c(=O)/c(=C/c2ccc(-c3cccc(O)c3)cc2)s1. The van der Waals surface area contributed by atoms with Crippen LogP contribution in [0.2, 0.25) is 0 Å². The van der Waals surface area contributed by atoms with Crippen molar-refractivity contribution < 1.29 is 5.11 Å². The van der Waals surface area contributed by atoms with Crippen LogP contribution < -0.4 is 14.8 Å². The van der Waals surface area contributed by atoms with Crippen molar-refractivity contribution in [2.24, 2.45) is 0 Å². The van der Waals surface area contributed by atoms with Gasteiger partial charge in [0.25, 0.3) is 5.56 Å². The summed E-state index contributed by atoms with van der Waals surface area (Å²) in [6.07, 6.45) is 1.84. The van der Waals surface area contributed by atoms with Gasteiger partial charge in [0, 0.05) is 0 Å². The smallest absolute Gasteiger partial charge is 0.266 e. The first-order chi connectivity index (χ1) is 10.1. The van der Waals surface area contributed by atoms with Crippen LogP contribution >= 0.6 is 11.3 Å². The minimum absolute atomic E-state index is 0.109. The van der Waals surface area contributed by atoms with Crippen LogP contribution in [-0.4, -0.2) is 10.1 Å². The van der Waals surface area contributed by atoms with Gasteiger partial charge in [-0.1, -0.05) is 43.0 Å². The highest BCUT2D eigenvalue weighted by atomic mass is 32.1. The van der Waals surface area contributed by atoms with Gasteiger partial charge < -0.3 is 10.1 Å². The first kappa shape index (κ1) is 13.4. The van der Waals surface area contributed by atoms with Crippen LogP contribution in [0.25, 0.3) is 23.8 Å². The summed E-state index contributed by atoms with van der Waals surface area (Å²) in [4.78, 5) is 14.3. The monoisotopic (exact) mass is 295 g/mol. The number of phenolic OH excluding ortho intramolecular Hbond substituents is 1. The molecule has 0 atom stereocenters. The second-order valence-corrected chi connectivity index (χ2v) is 5.80. The van der Waals surface area contributed by atoms with Gasteiger partial charge >= 0.3 is 0 Å². The zero-order valence-electron chi connectivity index (χ0n) is 11.2. The number of phenols is 1. The fraction of sp³-hybridized carbons (Fsp3) is 0. The molecule has 3 aromatic rings. The molecule has 0 bridgehead atoms. The summed E-state index contributed by atoms with van der Waals surface area (Å²) >= 11 is 1.34. The fourth-order valence-corrected chi connectivity index (χ4v) is 2.84. The maximum absolute atomic E-state index is 11.6. The minimum atomic E-state index is -0.109. The number of nitrogens with one attached hydrogen (secondary N) is 1. The molecule has 0 radical (unpaired) electrons. The Bertz CT molecular complexity index is 936. The van der Waals surface area contributed by atoms with Crippen LogP contribution in [0.15, 0.2) is 53.3 Å². The maximum atomic E-state index is 11.6. The Balaban J connectivity index is 1.98. The fourth-order valence-electron chi connectivity index (χ4n) is 2.10. The topological polar surface area (TPSA) is 53.1 Å². The average molecular weight is 295 g/mol. The summed E-state index contributed by atoms with van der Waals surface area (Å²) in [6, 6.07) is 14.9. The number of H-pyrrole nitrogens is 1. The summed E-state index contributed by atoms with van der Waals surface area (Å²) in [5, 5.41) is 9.51. The van der Waals surface area contributed by atoms with Crippen LogP contribution in [0.3, 0.4) is 0 Å². The number of hydrogen-bond acceptors (Lipinski definition) is 3. The molecule has 0 aliphatic carbocycles.